The van der Waals surface area contributed by atoms with E-state index in [0.717, 1.165) is 61.2 Å². The molecule has 8 aromatic carbocycles. The first-order valence-corrected chi connectivity index (χ1v) is 18.5. The van der Waals surface area contributed by atoms with E-state index in [1.165, 1.54) is 33.0 Å². The second kappa shape index (κ2) is 11.5. The number of anilines is 3. The molecule has 0 saturated heterocycles. The fourth-order valence-electron chi connectivity index (χ4n) is 8.76. The zero-order valence-corrected chi connectivity index (χ0v) is 29.9. The normalized spacial score (nSPS) is 13.1. The zero-order valence-electron chi connectivity index (χ0n) is 29.9. The molecule has 256 valence electrons. The lowest BCUT2D eigenvalue weighted by Crippen LogP contribution is -2.16. The Labute approximate surface area is 312 Å². The Morgan fingerprint density at radius 1 is 0.500 bits per heavy atom. The van der Waals surface area contributed by atoms with Gasteiger partial charge in [-0.25, -0.2) is 4.98 Å². The molecule has 2 aromatic heterocycles. The van der Waals surface area contributed by atoms with Gasteiger partial charge in [-0.1, -0.05) is 141 Å². The van der Waals surface area contributed by atoms with E-state index in [-0.39, 0.29) is 5.41 Å². The van der Waals surface area contributed by atoms with Crippen LogP contribution < -0.4 is 4.90 Å². The molecule has 0 atom stereocenters. The van der Waals surface area contributed by atoms with E-state index in [0.29, 0.717) is 11.5 Å². The zero-order chi connectivity index (χ0) is 36.0. The average molecular weight is 695 g/mol. The second-order valence-corrected chi connectivity index (χ2v) is 14.7. The molecule has 0 N–H and O–H groups in total. The van der Waals surface area contributed by atoms with Gasteiger partial charge in [-0.3, -0.25) is 0 Å². The minimum Gasteiger partial charge on any atom is -0.456 e. The third kappa shape index (κ3) is 4.47. The number of aromatic nitrogens is 1. The van der Waals surface area contributed by atoms with E-state index in [1.54, 1.807) is 0 Å². The fraction of sp³-hybridized carbons (Fsp3) is 0.0600. The van der Waals surface area contributed by atoms with E-state index in [1.807, 2.05) is 48.5 Å². The first-order chi connectivity index (χ1) is 26.5. The standard InChI is InChI=1S/C50H34N2O2/c1-50(2)40-24-11-8-20-36(40)39-29-33(27-28-41(39)50)52(42-25-12-9-21-37(42)35-23-14-18-31-15-6-7-19-34(31)35)48-46-38-22-10-13-26-43(38)53-44(46)30-45-47(48)51-49(54-45)32-16-4-3-5-17-32/h3-30H,1-2H3. The molecule has 0 unspecified atom stereocenters. The van der Waals surface area contributed by atoms with E-state index in [9.17, 15) is 0 Å². The van der Waals surface area contributed by atoms with Crippen LogP contribution in [-0.2, 0) is 5.41 Å². The third-order valence-electron chi connectivity index (χ3n) is 11.3. The highest BCUT2D eigenvalue weighted by atomic mass is 16.4. The second-order valence-electron chi connectivity index (χ2n) is 14.7. The van der Waals surface area contributed by atoms with Crippen molar-refractivity contribution in [2.75, 3.05) is 4.90 Å². The monoisotopic (exact) mass is 694 g/mol. The van der Waals surface area contributed by atoms with Crippen LogP contribution in [0.2, 0.25) is 0 Å². The Kier molecular flexibility index (Phi) is 6.56. The molecule has 0 aliphatic heterocycles. The first kappa shape index (κ1) is 30.7. The largest absolute Gasteiger partial charge is 0.456 e. The van der Waals surface area contributed by atoms with Crippen molar-refractivity contribution in [2.45, 2.75) is 19.3 Å². The molecule has 0 fully saturated rings. The maximum atomic E-state index is 6.64. The summed E-state index contributed by atoms with van der Waals surface area (Å²) >= 11 is 0. The van der Waals surface area contributed by atoms with Crippen LogP contribution in [0.1, 0.15) is 25.0 Å². The summed E-state index contributed by atoms with van der Waals surface area (Å²) in [5.41, 5.74) is 14.2. The summed E-state index contributed by atoms with van der Waals surface area (Å²) < 4.78 is 13.3. The molecule has 54 heavy (non-hydrogen) atoms. The Balaban J connectivity index is 1.28. The highest BCUT2D eigenvalue weighted by Crippen LogP contribution is 2.54. The molecular formula is C50H34N2O2. The molecule has 11 rings (SSSR count). The van der Waals surface area contributed by atoms with Crippen LogP contribution in [0.3, 0.4) is 0 Å². The molecule has 1 aliphatic carbocycles. The number of rotatable bonds is 5. The summed E-state index contributed by atoms with van der Waals surface area (Å²) in [5.74, 6) is 0.565. The Bertz CT molecular complexity index is 3090. The number of oxazole rings is 1. The van der Waals surface area contributed by atoms with Crippen molar-refractivity contribution >= 4 is 60.9 Å². The Morgan fingerprint density at radius 3 is 2.07 bits per heavy atom. The SMILES string of the molecule is CC1(C)c2ccccc2-c2cc(N(c3ccccc3-c3cccc4ccccc34)c3c4nc(-c5ccccc5)oc4cc4oc5ccccc5c34)ccc21. The molecule has 1 aliphatic rings. The van der Waals surface area contributed by atoms with Crippen molar-refractivity contribution < 1.29 is 8.83 Å². The van der Waals surface area contributed by atoms with Crippen molar-refractivity contribution in [3.05, 3.63) is 181 Å². The van der Waals surface area contributed by atoms with Crippen LogP contribution in [0.5, 0.6) is 0 Å². The summed E-state index contributed by atoms with van der Waals surface area (Å²) in [5, 5.41) is 4.40. The Hall–Kier alpha value is -6.91. The molecule has 10 aromatic rings. The highest BCUT2D eigenvalue weighted by Gasteiger charge is 2.36. The predicted octanol–water partition coefficient (Wildman–Crippen LogP) is 14.0. The van der Waals surface area contributed by atoms with Gasteiger partial charge < -0.3 is 13.7 Å². The van der Waals surface area contributed by atoms with Gasteiger partial charge in [0, 0.05) is 33.7 Å². The number of furan rings is 1. The van der Waals surface area contributed by atoms with Crippen molar-refractivity contribution in [1.82, 2.24) is 4.98 Å². The lowest BCUT2D eigenvalue weighted by atomic mass is 9.82. The van der Waals surface area contributed by atoms with Crippen molar-refractivity contribution in [1.29, 1.82) is 0 Å². The maximum Gasteiger partial charge on any atom is 0.227 e. The summed E-state index contributed by atoms with van der Waals surface area (Å²) in [7, 11) is 0. The van der Waals surface area contributed by atoms with Crippen molar-refractivity contribution in [3.63, 3.8) is 0 Å². The molecule has 4 heteroatoms. The predicted molar refractivity (Wildman–Crippen MR) is 222 cm³/mol. The van der Waals surface area contributed by atoms with E-state index in [2.05, 4.69) is 140 Å². The number of nitrogens with zero attached hydrogens (tertiary/aromatic N) is 2. The lowest BCUT2D eigenvalue weighted by Gasteiger charge is -2.30. The molecule has 0 bridgehead atoms. The molecule has 0 amide bonds. The van der Waals surface area contributed by atoms with Crippen LogP contribution in [0.25, 0.3) is 77.5 Å². The quantitative estimate of drug-likeness (QED) is 0.180. The number of para-hydroxylation sites is 2. The molecule has 0 spiro atoms. The van der Waals surface area contributed by atoms with Gasteiger partial charge in [-0.2, -0.15) is 0 Å². The number of fused-ring (bicyclic) bond motifs is 8. The topological polar surface area (TPSA) is 42.4 Å². The van der Waals surface area contributed by atoms with Gasteiger partial charge in [0.2, 0.25) is 5.89 Å². The van der Waals surface area contributed by atoms with Crippen molar-refractivity contribution in [3.8, 4) is 33.7 Å². The van der Waals surface area contributed by atoms with Crippen LogP contribution in [0, 0.1) is 0 Å². The summed E-state index contributed by atoms with van der Waals surface area (Å²) in [6, 6.07) is 60.1. The molecule has 4 nitrogen and oxygen atoms in total. The highest BCUT2D eigenvalue weighted by molar-refractivity contribution is 6.21. The van der Waals surface area contributed by atoms with Gasteiger partial charge in [0.15, 0.2) is 5.58 Å². The summed E-state index contributed by atoms with van der Waals surface area (Å²) in [6.45, 7) is 4.65. The molecule has 0 saturated carbocycles. The van der Waals surface area contributed by atoms with Crippen LogP contribution >= 0.6 is 0 Å². The minimum atomic E-state index is -0.124. The molecular weight excluding hydrogens is 661 g/mol. The fourth-order valence-corrected chi connectivity index (χ4v) is 8.76. The van der Waals surface area contributed by atoms with Crippen LogP contribution in [0.15, 0.2) is 179 Å². The van der Waals surface area contributed by atoms with E-state index < -0.39 is 0 Å². The van der Waals surface area contributed by atoms with Crippen LogP contribution in [-0.4, -0.2) is 4.98 Å². The number of hydrogen-bond donors (Lipinski definition) is 0. The molecule has 2 heterocycles. The van der Waals surface area contributed by atoms with Crippen molar-refractivity contribution in [2.24, 2.45) is 0 Å². The third-order valence-corrected chi connectivity index (χ3v) is 11.3. The summed E-state index contributed by atoms with van der Waals surface area (Å²) in [4.78, 5) is 7.72. The first-order valence-electron chi connectivity index (χ1n) is 18.5. The van der Waals surface area contributed by atoms with Gasteiger partial charge in [-0.15, -0.1) is 0 Å². The van der Waals surface area contributed by atoms with Gasteiger partial charge in [0.1, 0.15) is 16.7 Å². The van der Waals surface area contributed by atoms with Gasteiger partial charge in [0.05, 0.1) is 16.8 Å². The lowest BCUT2D eigenvalue weighted by molar-refractivity contribution is 0.617. The minimum absolute atomic E-state index is 0.124. The number of hydrogen-bond acceptors (Lipinski definition) is 4. The Morgan fingerprint density at radius 2 is 1.19 bits per heavy atom. The van der Waals surface area contributed by atoms with Crippen LogP contribution in [0.4, 0.5) is 17.1 Å². The van der Waals surface area contributed by atoms with Gasteiger partial charge >= 0.3 is 0 Å². The van der Waals surface area contributed by atoms with E-state index in [4.69, 9.17) is 13.8 Å². The summed E-state index contributed by atoms with van der Waals surface area (Å²) in [6.07, 6.45) is 0. The van der Waals surface area contributed by atoms with E-state index >= 15 is 0 Å². The van der Waals surface area contributed by atoms with Gasteiger partial charge in [-0.05, 0) is 75.0 Å². The molecule has 0 radical (unpaired) electrons. The number of benzene rings is 8. The van der Waals surface area contributed by atoms with Gasteiger partial charge in [0.25, 0.3) is 0 Å². The average Bonchev–Trinajstić information content (AvgIpc) is 3.88. The maximum absolute atomic E-state index is 6.64. The smallest absolute Gasteiger partial charge is 0.227 e.